The molecule has 0 unspecified atom stereocenters. The Hall–Kier alpha value is -1.65. The third-order valence-corrected chi connectivity index (χ3v) is 3.27. The fraction of sp³-hybridized carbons (Fsp3) is 0.571. The van der Waals surface area contributed by atoms with E-state index in [1.165, 1.54) is 12.3 Å². The van der Waals surface area contributed by atoms with Crippen LogP contribution in [0.4, 0.5) is 10.2 Å². The van der Waals surface area contributed by atoms with E-state index < -0.39 is 5.82 Å². The molecule has 0 saturated carbocycles. The number of carbonyl (C=O) groups excluding carboxylic acids is 1. The molecule has 1 heterocycles. The molecule has 0 atom stereocenters. The van der Waals surface area contributed by atoms with E-state index in [0.717, 1.165) is 12.8 Å². The van der Waals surface area contributed by atoms with Crippen molar-refractivity contribution in [2.24, 2.45) is 0 Å². The summed E-state index contributed by atoms with van der Waals surface area (Å²) < 4.78 is 14.2. The summed E-state index contributed by atoms with van der Waals surface area (Å²) in [6, 6.07) is 1.56. The van der Waals surface area contributed by atoms with Crippen LogP contribution in [-0.2, 0) is 0 Å². The summed E-state index contributed by atoms with van der Waals surface area (Å²) in [4.78, 5) is 17.8. The number of halogens is 1. The Morgan fingerprint density at radius 2 is 2.05 bits per heavy atom. The number of pyridine rings is 1. The molecule has 0 fully saturated rings. The number of rotatable bonds is 6. The van der Waals surface area contributed by atoms with Crippen LogP contribution in [0.2, 0.25) is 0 Å². The van der Waals surface area contributed by atoms with Crippen LogP contribution >= 0.6 is 0 Å². The Morgan fingerprint density at radius 1 is 1.42 bits per heavy atom. The van der Waals surface area contributed by atoms with Crippen molar-refractivity contribution >= 4 is 11.7 Å². The summed E-state index contributed by atoms with van der Waals surface area (Å²) >= 11 is 0. The summed E-state index contributed by atoms with van der Waals surface area (Å²) in [7, 11) is 1.72. The third-order valence-electron chi connectivity index (χ3n) is 3.27. The van der Waals surface area contributed by atoms with Gasteiger partial charge in [-0.3, -0.25) is 4.79 Å². The van der Waals surface area contributed by atoms with Crippen molar-refractivity contribution in [2.75, 3.05) is 18.9 Å². The van der Waals surface area contributed by atoms with Gasteiger partial charge in [0, 0.05) is 25.8 Å². The van der Waals surface area contributed by atoms with Crippen molar-refractivity contribution in [3.8, 4) is 0 Å². The van der Waals surface area contributed by atoms with Gasteiger partial charge in [0.2, 0.25) is 0 Å². The smallest absolute Gasteiger partial charge is 0.257 e. The molecule has 106 valence electrons. The van der Waals surface area contributed by atoms with Crippen LogP contribution in [0, 0.1) is 5.82 Å². The molecule has 1 N–H and O–H groups in total. The second-order valence-electron chi connectivity index (χ2n) is 4.44. The van der Waals surface area contributed by atoms with Gasteiger partial charge in [-0.2, -0.15) is 0 Å². The van der Waals surface area contributed by atoms with E-state index in [2.05, 4.69) is 10.3 Å². The minimum Gasteiger partial charge on any atom is -0.368 e. The lowest BCUT2D eigenvalue weighted by atomic mass is 10.1. The summed E-state index contributed by atoms with van der Waals surface area (Å²) in [6.45, 7) is 6.45. The number of hydrogen-bond donors (Lipinski definition) is 1. The Kier molecular flexibility index (Phi) is 5.73. The molecule has 0 aromatic carbocycles. The van der Waals surface area contributed by atoms with Crippen LogP contribution in [0.1, 0.15) is 44.0 Å². The highest BCUT2D eigenvalue weighted by molar-refractivity contribution is 5.95. The van der Waals surface area contributed by atoms with E-state index in [4.69, 9.17) is 0 Å². The van der Waals surface area contributed by atoms with Gasteiger partial charge in [-0.25, -0.2) is 9.37 Å². The van der Waals surface area contributed by atoms with Crippen LogP contribution < -0.4 is 5.32 Å². The highest BCUT2D eigenvalue weighted by Crippen LogP contribution is 2.18. The van der Waals surface area contributed by atoms with E-state index >= 15 is 0 Å². The molecule has 0 aliphatic heterocycles. The maximum atomic E-state index is 14.2. The second kappa shape index (κ2) is 7.07. The normalized spacial score (nSPS) is 10.6. The first-order valence-electron chi connectivity index (χ1n) is 6.72. The Morgan fingerprint density at radius 3 is 2.58 bits per heavy atom. The van der Waals surface area contributed by atoms with Crippen LogP contribution in [0.5, 0.6) is 0 Å². The average molecular weight is 267 g/mol. The van der Waals surface area contributed by atoms with Gasteiger partial charge >= 0.3 is 0 Å². The van der Waals surface area contributed by atoms with Gasteiger partial charge in [0.1, 0.15) is 0 Å². The number of nitrogens with zero attached hydrogens (tertiary/aromatic N) is 2. The van der Waals surface area contributed by atoms with Crippen molar-refractivity contribution in [2.45, 2.75) is 39.7 Å². The summed E-state index contributed by atoms with van der Waals surface area (Å²) in [5.74, 6) is -0.744. The highest BCUT2D eigenvalue weighted by atomic mass is 19.1. The highest BCUT2D eigenvalue weighted by Gasteiger charge is 2.22. The van der Waals surface area contributed by atoms with Gasteiger partial charge in [-0.1, -0.05) is 13.8 Å². The molecule has 19 heavy (non-hydrogen) atoms. The second-order valence-corrected chi connectivity index (χ2v) is 4.44. The maximum absolute atomic E-state index is 14.2. The standard InChI is InChI=1S/C14H22FN3O/c1-5-10(6-2)18(4)14(19)11-8-9-17-13(12(11)15)16-7-3/h8-10H,5-7H2,1-4H3,(H,16,17). The Balaban J connectivity index is 3.02. The largest absolute Gasteiger partial charge is 0.368 e. The molecule has 0 saturated heterocycles. The predicted octanol–water partition coefficient (Wildman–Crippen LogP) is 2.91. The topological polar surface area (TPSA) is 45.2 Å². The molecule has 5 heteroatoms. The fourth-order valence-corrected chi connectivity index (χ4v) is 2.09. The van der Waals surface area contributed by atoms with Gasteiger partial charge < -0.3 is 10.2 Å². The molecule has 0 aliphatic carbocycles. The van der Waals surface area contributed by atoms with Crippen LogP contribution in [0.3, 0.4) is 0 Å². The van der Waals surface area contributed by atoms with Gasteiger partial charge in [0.15, 0.2) is 11.6 Å². The fourth-order valence-electron chi connectivity index (χ4n) is 2.09. The lowest BCUT2D eigenvalue weighted by Crippen LogP contribution is -2.36. The third kappa shape index (κ3) is 3.43. The van der Waals surface area contributed by atoms with Crippen molar-refractivity contribution < 1.29 is 9.18 Å². The van der Waals surface area contributed by atoms with Crippen LogP contribution in [-0.4, -0.2) is 35.4 Å². The molecule has 0 radical (unpaired) electrons. The Bertz CT molecular complexity index is 433. The molecule has 4 nitrogen and oxygen atoms in total. The van der Waals surface area contributed by atoms with Gasteiger partial charge in [-0.15, -0.1) is 0 Å². The minimum absolute atomic E-state index is 0.0698. The molecule has 0 spiro atoms. The van der Waals surface area contributed by atoms with E-state index in [0.29, 0.717) is 6.54 Å². The summed E-state index contributed by atoms with van der Waals surface area (Å²) in [5, 5.41) is 2.81. The quantitative estimate of drug-likeness (QED) is 0.862. The number of aromatic nitrogens is 1. The molecule has 1 aromatic heterocycles. The minimum atomic E-state index is -0.577. The molecule has 0 aliphatic rings. The predicted molar refractivity (Wildman–Crippen MR) is 74.8 cm³/mol. The lowest BCUT2D eigenvalue weighted by Gasteiger charge is -2.26. The lowest BCUT2D eigenvalue weighted by molar-refractivity contribution is 0.0719. The van der Waals surface area contributed by atoms with Crippen LogP contribution in [0.25, 0.3) is 0 Å². The molecule has 1 aromatic rings. The average Bonchev–Trinajstić information content (AvgIpc) is 2.42. The number of amides is 1. The first kappa shape index (κ1) is 15.4. The van der Waals surface area contributed by atoms with Gasteiger partial charge in [0.25, 0.3) is 5.91 Å². The van der Waals surface area contributed by atoms with Gasteiger partial charge in [0.05, 0.1) is 5.56 Å². The monoisotopic (exact) mass is 267 g/mol. The maximum Gasteiger partial charge on any atom is 0.257 e. The number of anilines is 1. The molecule has 0 bridgehead atoms. The van der Waals surface area contributed by atoms with E-state index in [-0.39, 0.29) is 23.3 Å². The molecule has 1 amide bonds. The van der Waals surface area contributed by atoms with Crippen LogP contribution in [0.15, 0.2) is 12.3 Å². The summed E-state index contributed by atoms with van der Waals surface area (Å²) in [6.07, 6.45) is 3.16. The number of nitrogens with one attached hydrogen (secondary N) is 1. The zero-order chi connectivity index (χ0) is 14.4. The van der Waals surface area contributed by atoms with E-state index in [9.17, 15) is 9.18 Å². The van der Waals surface area contributed by atoms with Crippen molar-refractivity contribution in [3.63, 3.8) is 0 Å². The number of hydrogen-bond acceptors (Lipinski definition) is 3. The molecular formula is C14H22FN3O. The first-order chi connectivity index (χ1) is 9.06. The first-order valence-corrected chi connectivity index (χ1v) is 6.72. The van der Waals surface area contributed by atoms with Gasteiger partial charge in [-0.05, 0) is 25.8 Å². The zero-order valence-electron chi connectivity index (χ0n) is 12.0. The van der Waals surface area contributed by atoms with E-state index in [1.807, 2.05) is 20.8 Å². The van der Waals surface area contributed by atoms with E-state index in [1.54, 1.807) is 11.9 Å². The zero-order valence-corrected chi connectivity index (χ0v) is 12.0. The molecular weight excluding hydrogens is 245 g/mol. The SMILES string of the molecule is CCNc1nccc(C(=O)N(C)C(CC)CC)c1F. The van der Waals surface area contributed by atoms with Crippen molar-refractivity contribution in [1.82, 2.24) is 9.88 Å². The summed E-state index contributed by atoms with van der Waals surface area (Å²) in [5.41, 5.74) is 0.0698. The molecule has 1 rings (SSSR count). The van der Waals surface area contributed by atoms with Crippen molar-refractivity contribution in [1.29, 1.82) is 0 Å². The Labute approximate surface area is 114 Å². The van der Waals surface area contributed by atoms with Crippen molar-refractivity contribution in [3.05, 3.63) is 23.6 Å². The number of carbonyl (C=O) groups is 1.